The molecule has 0 unspecified atom stereocenters. The first-order valence-electron chi connectivity index (χ1n) is 9.50. The maximum absolute atomic E-state index is 13.1. The zero-order valence-corrected chi connectivity index (χ0v) is 16.0. The van der Waals surface area contributed by atoms with Crippen LogP contribution in [0.15, 0.2) is 12.1 Å². The molecule has 0 bridgehead atoms. The number of primary amides is 1. The van der Waals surface area contributed by atoms with Crippen LogP contribution >= 0.6 is 0 Å². The zero-order valence-electron chi connectivity index (χ0n) is 16.0. The van der Waals surface area contributed by atoms with Gasteiger partial charge in [0.1, 0.15) is 0 Å². The molecule has 2 N–H and O–H groups in total. The molecule has 0 radical (unpaired) electrons. The number of rotatable bonds is 6. The topological polar surface area (TPSA) is 91.1 Å². The van der Waals surface area contributed by atoms with Crippen molar-refractivity contribution in [3.8, 4) is 17.2 Å². The van der Waals surface area contributed by atoms with Crippen LogP contribution in [-0.2, 0) is 4.79 Å². The molecular formula is C20H28N2O5. The average Bonchev–Trinajstić information content (AvgIpc) is 2.70. The summed E-state index contributed by atoms with van der Waals surface area (Å²) in [7, 11) is 2.96. The van der Waals surface area contributed by atoms with Gasteiger partial charge in [-0.3, -0.25) is 9.59 Å². The Morgan fingerprint density at radius 1 is 1.07 bits per heavy atom. The van der Waals surface area contributed by atoms with E-state index in [1.807, 2.05) is 4.90 Å². The van der Waals surface area contributed by atoms with E-state index in [-0.39, 0.29) is 18.3 Å². The molecule has 7 heteroatoms. The Balaban J connectivity index is 1.80. The van der Waals surface area contributed by atoms with E-state index in [0.717, 1.165) is 25.4 Å². The second-order valence-electron chi connectivity index (χ2n) is 7.31. The summed E-state index contributed by atoms with van der Waals surface area (Å²) in [6.07, 6.45) is 6.15. The average molecular weight is 376 g/mol. The van der Waals surface area contributed by atoms with Gasteiger partial charge in [-0.1, -0.05) is 19.3 Å². The van der Waals surface area contributed by atoms with Crippen LogP contribution in [-0.4, -0.2) is 50.6 Å². The second-order valence-corrected chi connectivity index (χ2v) is 7.31. The molecule has 2 fully saturated rings. The van der Waals surface area contributed by atoms with Gasteiger partial charge in [-0.2, -0.15) is 0 Å². The standard InChI is InChI=1S/C20H28N2O5/c1-25-16-9-15(10-17(26-2)19(16)27-12-18(21)23)20(24)22-8-7-13-5-3-4-6-14(13)11-22/h9-10,13-14H,3-8,11-12H2,1-2H3,(H2,21,23)/t13-,14-/m0/s1. The lowest BCUT2D eigenvalue weighted by Crippen LogP contribution is -2.44. The van der Waals surface area contributed by atoms with Crippen LogP contribution in [0.3, 0.4) is 0 Å². The summed E-state index contributed by atoms with van der Waals surface area (Å²) in [5.74, 6) is 1.68. The van der Waals surface area contributed by atoms with Gasteiger partial charge in [-0.15, -0.1) is 0 Å². The van der Waals surface area contributed by atoms with E-state index >= 15 is 0 Å². The first-order chi connectivity index (χ1) is 13.0. The molecule has 1 aliphatic heterocycles. The number of benzene rings is 1. The lowest BCUT2D eigenvalue weighted by Gasteiger charge is -2.41. The number of likely N-dealkylation sites (tertiary alicyclic amines) is 1. The van der Waals surface area contributed by atoms with Gasteiger partial charge in [0.15, 0.2) is 18.1 Å². The van der Waals surface area contributed by atoms with Crippen LogP contribution in [0, 0.1) is 11.8 Å². The van der Waals surface area contributed by atoms with E-state index in [2.05, 4.69) is 0 Å². The highest BCUT2D eigenvalue weighted by Gasteiger charge is 2.33. The third-order valence-electron chi connectivity index (χ3n) is 5.64. The summed E-state index contributed by atoms with van der Waals surface area (Å²) in [5.41, 5.74) is 5.64. The highest BCUT2D eigenvalue weighted by atomic mass is 16.5. The van der Waals surface area contributed by atoms with Crippen LogP contribution in [0.25, 0.3) is 0 Å². The summed E-state index contributed by atoms with van der Waals surface area (Å²) in [6.45, 7) is 1.30. The van der Waals surface area contributed by atoms with Crippen molar-refractivity contribution in [1.82, 2.24) is 4.90 Å². The number of fused-ring (bicyclic) bond motifs is 1. The molecule has 1 heterocycles. The second kappa shape index (κ2) is 8.50. The third kappa shape index (κ3) is 4.28. The Morgan fingerprint density at radius 2 is 1.70 bits per heavy atom. The zero-order chi connectivity index (χ0) is 19.4. The normalized spacial score (nSPS) is 21.9. The molecule has 7 nitrogen and oxygen atoms in total. The number of methoxy groups -OCH3 is 2. The number of amides is 2. The van der Waals surface area contributed by atoms with Crippen molar-refractivity contribution in [2.45, 2.75) is 32.1 Å². The third-order valence-corrected chi connectivity index (χ3v) is 5.64. The van der Waals surface area contributed by atoms with Gasteiger partial charge in [0.05, 0.1) is 14.2 Å². The van der Waals surface area contributed by atoms with Gasteiger partial charge in [0.2, 0.25) is 5.75 Å². The lowest BCUT2D eigenvalue weighted by molar-refractivity contribution is -0.120. The maximum Gasteiger partial charge on any atom is 0.255 e. The largest absolute Gasteiger partial charge is 0.493 e. The van der Waals surface area contributed by atoms with Crippen LogP contribution in [0.1, 0.15) is 42.5 Å². The van der Waals surface area contributed by atoms with Gasteiger partial charge < -0.3 is 24.8 Å². The highest BCUT2D eigenvalue weighted by molar-refractivity contribution is 5.95. The molecule has 1 aliphatic carbocycles. The van der Waals surface area contributed by atoms with Crippen molar-refractivity contribution < 1.29 is 23.8 Å². The molecular weight excluding hydrogens is 348 g/mol. The van der Waals surface area contributed by atoms with Crippen molar-refractivity contribution in [1.29, 1.82) is 0 Å². The van der Waals surface area contributed by atoms with E-state index in [9.17, 15) is 9.59 Å². The molecule has 148 valence electrons. The minimum Gasteiger partial charge on any atom is -0.493 e. The number of carbonyl (C=O) groups excluding carboxylic acids is 2. The number of carbonyl (C=O) groups is 2. The quantitative estimate of drug-likeness (QED) is 0.822. The molecule has 2 atom stereocenters. The first-order valence-corrected chi connectivity index (χ1v) is 9.50. The predicted molar refractivity (Wildman–Crippen MR) is 100 cm³/mol. The first kappa shape index (κ1) is 19.3. The van der Waals surface area contributed by atoms with E-state index in [1.165, 1.54) is 39.9 Å². The van der Waals surface area contributed by atoms with E-state index in [4.69, 9.17) is 19.9 Å². The fraction of sp³-hybridized carbons (Fsp3) is 0.600. The van der Waals surface area contributed by atoms with Gasteiger partial charge in [0.25, 0.3) is 11.8 Å². The Hall–Kier alpha value is -2.44. The molecule has 0 aromatic heterocycles. The van der Waals surface area contributed by atoms with E-state index in [1.54, 1.807) is 12.1 Å². The van der Waals surface area contributed by atoms with Crippen LogP contribution < -0.4 is 19.9 Å². The van der Waals surface area contributed by atoms with Gasteiger partial charge in [0, 0.05) is 18.7 Å². The molecule has 2 amide bonds. The summed E-state index contributed by atoms with van der Waals surface area (Å²) < 4.78 is 16.1. The summed E-state index contributed by atoms with van der Waals surface area (Å²) in [4.78, 5) is 26.0. The molecule has 1 saturated carbocycles. The van der Waals surface area contributed by atoms with E-state index in [0.29, 0.717) is 23.0 Å². The van der Waals surface area contributed by atoms with Crippen molar-refractivity contribution in [2.75, 3.05) is 33.9 Å². The summed E-state index contributed by atoms with van der Waals surface area (Å²) in [5, 5.41) is 0. The number of piperidine rings is 1. The Bertz CT molecular complexity index is 681. The summed E-state index contributed by atoms with van der Waals surface area (Å²) in [6, 6.07) is 3.27. The van der Waals surface area contributed by atoms with Crippen LogP contribution in [0.5, 0.6) is 17.2 Å². The minimum absolute atomic E-state index is 0.0305. The van der Waals surface area contributed by atoms with Crippen LogP contribution in [0.4, 0.5) is 0 Å². The van der Waals surface area contributed by atoms with Crippen molar-refractivity contribution in [2.24, 2.45) is 17.6 Å². The summed E-state index contributed by atoms with van der Waals surface area (Å²) >= 11 is 0. The molecule has 0 spiro atoms. The minimum atomic E-state index is -0.602. The van der Waals surface area contributed by atoms with Gasteiger partial charge in [-0.05, 0) is 36.8 Å². The Kier molecular flexibility index (Phi) is 6.08. The number of nitrogens with two attached hydrogens (primary N) is 1. The van der Waals surface area contributed by atoms with Gasteiger partial charge in [-0.25, -0.2) is 0 Å². The molecule has 1 aromatic rings. The number of ether oxygens (including phenoxy) is 3. The SMILES string of the molecule is COc1cc(C(=O)N2CC[C@@H]3CCCC[C@H]3C2)cc(OC)c1OCC(N)=O. The smallest absolute Gasteiger partial charge is 0.255 e. The molecule has 1 saturated heterocycles. The number of hydrogen-bond donors (Lipinski definition) is 1. The van der Waals surface area contributed by atoms with Crippen LogP contribution in [0.2, 0.25) is 0 Å². The molecule has 3 rings (SSSR count). The molecule has 2 aliphatic rings. The maximum atomic E-state index is 13.1. The fourth-order valence-corrected chi connectivity index (χ4v) is 4.26. The number of hydrogen-bond acceptors (Lipinski definition) is 5. The van der Waals surface area contributed by atoms with E-state index < -0.39 is 5.91 Å². The molecule has 1 aromatic carbocycles. The molecule has 27 heavy (non-hydrogen) atoms. The Morgan fingerprint density at radius 3 is 2.30 bits per heavy atom. The highest BCUT2D eigenvalue weighted by Crippen LogP contribution is 2.40. The predicted octanol–water partition coefficient (Wildman–Crippen LogP) is 2.22. The van der Waals surface area contributed by atoms with Crippen molar-refractivity contribution in [3.63, 3.8) is 0 Å². The monoisotopic (exact) mass is 376 g/mol. The fourth-order valence-electron chi connectivity index (χ4n) is 4.26. The Labute approximate surface area is 159 Å². The number of nitrogens with zero attached hydrogens (tertiary/aromatic N) is 1. The van der Waals surface area contributed by atoms with Crippen molar-refractivity contribution in [3.05, 3.63) is 17.7 Å². The lowest BCUT2D eigenvalue weighted by atomic mass is 9.75. The van der Waals surface area contributed by atoms with Crippen molar-refractivity contribution >= 4 is 11.8 Å². The van der Waals surface area contributed by atoms with Gasteiger partial charge >= 0.3 is 0 Å².